The van der Waals surface area contributed by atoms with Crippen molar-refractivity contribution in [3.63, 3.8) is 0 Å². The number of benzene rings is 2. The van der Waals surface area contributed by atoms with Gasteiger partial charge in [-0.05, 0) is 42.8 Å². The van der Waals surface area contributed by atoms with Gasteiger partial charge in [-0.2, -0.15) is 0 Å². The van der Waals surface area contributed by atoms with Crippen LogP contribution in [0.15, 0.2) is 48.5 Å². The second-order valence-corrected chi connectivity index (χ2v) is 4.54. The molecule has 2 rings (SSSR count). The zero-order valence-corrected chi connectivity index (χ0v) is 11.3. The Kier molecular flexibility index (Phi) is 4.25. The molecule has 0 atom stereocenters. The van der Waals surface area contributed by atoms with Crippen LogP contribution in [0.3, 0.4) is 0 Å². The summed E-state index contributed by atoms with van der Waals surface area (Å²) < 4.78 is 0. The molecule has 0 saturated heterocycles. The van der Waals surface area contributed by atoms with E-state index >= 15 is 0 Å². The maximum absolute atomic E-state index is 12.4. The van der Waals surface area contributed by atoms with Crippen molar-refractivity contribution in [1.29, 1.82) is 0 Å². The van der Waals surface area contributed by atoms with Crippen LogP contribution in [-0.4, -0.2) is 27.6 Å². The fraction of sp³-hybridized carbons (Fsp3) is 0.188. The third-order valence-electron chi connectivity index (χ3n) is 3.07. The molecule has 2 aromatic rings. The predicted molar refractivity (Wildman–Crippen MR) is 76.6 cm³/mol. The lowest BCUT2D eigenvalue weighted by atomic mass is 10.1. The molecular weight excluding hydrogens is 254 g/mol. The van der Waals surface area contributed by atoms with Crippen molar-refractivity contribution >= 4 is 5.91 Å². The van der Waals surface area contributed by atoms with Crippen LogP contribution in [0.2, 0.25) is 0 Å². The van der Waals surface area contributed by atoms with Gasteiger partial charge in [-0.3, -0.25) is 4.79 Å². The average molecular weight is 271 g/mol. The normalized spacial score (nSPS) is 10.2. The van der Waals surface area contributed by atoms with Crippen molar-refractivity contribution in [2.75, 3.05) is 6.54 Å². The molecule has 0 saturated carbocycles. The van der Waals surface area contributed by atoms with E-state index in [9.17, 15) is 15.0 Å². The average Bonchev–Trinajstić information content (AvgIpc) is 2.46. The minimum atomic E-state index is -0.128. The number of carbonyl (C=O) groups is 1. The molecule has 0 heterocycles. The Bertz CT molecular complexity index is 593. The van der Waals surface area contributed by atoms with Gasteiger partial charge in [-0.15, -0.1) is 0 Å². The fourth-order valence-corrected chi connectivity index (χ4v) is 1.97. The van der Waals surface area contributed by atoms with E-state index in [-0.39, 0.29) is 17.4 Å². The van der Waals surface area contributed by atoms with E-state index in [1.165, 1.54) is 12.1 Å². The van der Waals surface area contributed by atoms with Crippen LogP contribution in [0.5, 0.6) is 11.5 Å². The summed E-state index contributed by atoms with van der Waals surface area (Å²) >= 11 is 0. The zero-order chi connectivity index (χ0) is 14.5. The smallest absolute Gasteiger partial charge is 0.254 e. The molecule has 0 aromatic heterocycles. The summed E-state index contributed by atoms with van der Waals surface area (Å²) in [5.74, 6) is 0.157. The first-order valence-electron chi connectivity index (χ1n) is 6.46. The number of aromatic hydroxyl groups is 2. The van der Waals surface area contributed by atoms with Gasteiger partial charge in [0.05, 0.1) is 0 Å². The molecule has 0 unspecified atom stereocenters. The molecule has 1 amide bonds. The SMILES string of the molecule is CCN(Cc1ccc(O)cc1)C(=O)c1cccc(O)c1. The molecule has 0 spiro atoms. The highest BCUT2D eigenvalue weighted by molar-refractivity contribution is 5.94. The molecule has 0 radical (unpaired) electrons. The standard InChI is InChI=1S/C16H17NO3/c1-2-17(11-12-6-8-14(18)9-7-12)16(20)13-4-3-5-15(19)10-13/h3-10,18-19H,2,11H2,1H3. The van der Waals surface area contributed by atoms with Crippen LogP contribution in [0, 0.1) is 0 Å². The van der Waals surface area contributed by atoms with Crippen molar-refractivity contribution in [2.24, 2.45) is 0 Å². The molecule has 2 N–H and O–H groups in total. The van der Waals surface area contributed by atoms with E-state index in [1.807, 2.05) is 6.92 Å². The predicted octanol–water partition coefficient (Wildman–Crippen LogP) is 2.76. The van der Waals surface area contributed by atoms with E-state index in [1.54, 1.807) is 41.3 Å². The summed E-state index contributed by atoms with van der Waals surface area (Å²) in [4.78, 5) is 14.0. The van der Waals surface area contributed by atoms with Crippen LogP contribution in [0.4, 0.5) is 0 Å². The van der Waals surface area contributed by atoms with E-state index < -0.39 is 0 Å². The van der Waals surface area contributed by atoms with Crippen molar-refractivity contribution in [3.8, 4) is 11.5 Å². The number of amides is 1. The Morgan fingerprint density at radius 3 is 2.35 bits per heavy atom. The van der Waals surface area contributed by atoms with E-state index in [0.29, 0.717) is 18.7 Å². The highest BCUT2D eigenvalue weighted by atomic mass is 16.3. The quantitative estimate of drug-likeness (QED) is 0.899. The molecule has 104 valence electrons. The summed E-state index contributed by atoms with van der Waals surface area (Å²) in [6.45, 7) is 2.93. The maximum atomic E-state index is 12.4. The minimum absolute atomic E-state index is 0.0801. The zero-order valence-electron chi connectivity index (χ0n) is 11.3. The third kappa shape index (κ3) is 3.29. The number of rotatable bonds is 4. The summed E-state index contributed by atoms with van der Waals surface area (Å²) in [7, 11) is 0. The Morgan fingerprint density at radius 1 is 1.05 bits per heavy atom. The molecule has 0 bridgehead atoms. The second kappa shape index (κ2) is 6.10. The lowest BCUT2D eigenvalue weighted by Gasteiger charge is -2.21. The molecule has 4 heteroatoms. The Balaban J connectivity index is 2.15. The molecule has 20 heavy (non-hydrogen) atoms. The van der Waals surface area contributed by atoms with Crippen LogP contribution in [0.25, 0.3) is 0 Å². The van der Waals surface area contributed by atoms with Gasteiger partial charge < -0.3 is 15.1 Å². The van der Waals surface area contributed by atoms with Crippen LogP contribution < -0.4 is 0 Å². The molecule has 0 aliphatic rings. The molecule has 2 aromatic carbocycles. The Labute approximate surface area is 117 Å². The molecule has 4 nitrogen and oxygen atoms in total. The Morgan fingerprint density at radius 2 is 1.75 bits per heavy atom. The maximum Gasteiger partial charge on any atom is 0.254 e. The summed E-state index contributed by atoms with van der Waals surface area (Å²) in [6, 6.07) is 13.1. The number of phenolic OH excluding ortho intramolecular Hbond substituents is 2. The number of carbonyl (C=O) groups excluding carboxylic acids is 1. The van der Waals surface area contributed by atoms with E-state index in [2.05, 4.69) is 0 Å². The second-order valence-electron chi connectivity index (χ2n) is 4.54. The third-order valence-corrected chi connectivity index (χ3v) is 3.07. The van der Waals surface area contributed by atoms with Gasteiger partial charge in [0.1, 0.15) is 11.5 Å². The fourth-order valence-electron chi connectivity index (χ4n) is 1.97. The highest BCUT2D eigenvalue weighted by Gasteiger charge is 2.14. The molecule has 0 fully saturated rings. The van der Waals surface area contributed by atoms with Gasteiger partial charge >= 0.3 is 0 Å². The first kappa shape index (κ1) is 13.9. The largest absolute Gasteiger partial charge is 0.508 e. The van der Waals surface area contributed by atoms with Crippen molar-refractivity contribution < 1.29 is 15.0 Å². The number of hydrogen-bond donors (Lipinski definition) is 2. The van der Waals surface area contributed by atoms with Crippen molar-refractivity contribution in [1.82, 2.24) is 4.90 Å². The summed E-state index contributed by atoms with van der Waals surface area (Å²) in [5.41, 5.74) is 1.41. The molecule has 0 aliphatic carbocycles. The summed E-state index contributed by atoms with van der Waals surface area (Å²) in [6.07, 6.45) is 0. The van der Waals surface area contributed by atoms with Gasteiger partial charge in [-0.1, -0.05) is 18.2 Å². The van der Waals surface area contributed by atoms with Gasteiger partial charge in [0.15, 0.2) is 0 Å². The number of nitrogens with zero attached hydrogens (tertiary/aromatic N) is 1. The first-order chi connectivity index (χ1) is 9.60. The molecular formula is C16H17NO3. The van der Waals surface area contributed by atoms with Gasteiger partial charge in [-0.25, -0.2) is 0 Å². The lowest BCUT2D eigenvalue weighted by Crippen LogP contribution is -2.30. The van der Waals surface area contributed by atoms with Gasteiger partial charge in [0.2, 0.25) is 0 Å². The van der Waals surface area contributed by atoms with E-state index in [0.717, 1.165) is 5.56 Å². The van der Waals surface area contributed by atoms with Crippen molar-refractivity contribution in [3.05, 3.63) is 59.7 Å². The van der Waals surface area contributed by atoms with Gasteiger partial charge in [0, 0.05) is 18.7 Å². The monoisotopic (exact) mass is 271 g/mol. The minimum Gasteiger partial charge on any atom is -0.508 e. The number of hydrogen-bond acceptors (Lipinski definition) is 3. The van der Waals surface area contributed by atoms with Crippen molar-refractivity contribution in [2.45, 2.75) is 13.5 Å². The Hall–Kier alpha value is -2.49. The molecule has 0 aliphatic heterocycles. The first-order valence-corrected chi connectivity index (χ1v) is 6.46. The topological polar surface area (TPSA) is 60.8 Å². The lowest BCUT2D eigenvalue weighted by molar-refractivity contribution is 0.0752. The highest BCUT2D eigenvalue weighted by Crippen LogP contribution is 2.16. The van der Waals surface area contributed by atoms with Crippen LogP contribution in [-0.2, 0) is 6.54 Å². The summed E-state index contributed by atoms with van der Waals surface area (Å²) in [5, 5.41) is 18.7. The van der Waals surface area contributed by atoms with Gasteiger partial charge in [0.25, 0.3) is 5.91 Å². The van der Waals surface area contributed by atoms with Crippen LogP contribution in [0.1, 0.15) is 22.8 Å². The number of phenols is 2. The van der Waals surface area contributed by atoms with Crippen LogP contribution >= 0.6 is 0 Å². The van der Waals surface area contributed by atoms with E-state index in [4.69, 9.17) is 0 Å².